The summed E-state index contributed by atoms with van der Waals surface area (Å²) in [4.78, 5) is 19.2. The van der Waals surface area contributed by atoms with Crippen LogP contribution in [0.5, 0.6) is 0 Å². The Bertz CT molecular complexity index is 535. The van der Waals surface area contributed by atoms with Crippen molar-refractivity contribution in [3.63, 3.8) is 0 Å². The molecule has 0 bridgehead atoms. The van der Waals surface area contributed by atoms with E-state index < -0.39 is 0 Å². The monoisotopic (exact) mass is 288 g/mol. The molecule has 0 spiro atoms. The molecule has 6 heteroatoms. The second-order valence-electron chi connectivity index (χ2n) is 5.81. The predicted molar refractivity (Wildman–Crippen MR) is 82.9 cm³/mol. The largest absolute Gasteiger partial charge is 0.372 e. The molecular formula is C15H20N4O2. The van der Waals surface area contributed by atoms with Crippen molar-refractivity contribution in [1.29, 1.82) is 0 Å². The molecule has 0 aromatic heterocycles. The third-order valence-corrected chi connectivity index (χ3v) is 4.59. The number of aliphatic imine (C=N–C) groups is 1. The van der Waals surface area contributed by atoms with Crippen LogP contribution in [0.1, 0.15) is 12.8 Å². The van der Waals surface area contributed by atoms with Crippen molar-refractivity contribution in [2.75, 3.05) is 31.6 Å². The van der Waals surface area contributed by atoms with E-state index in [4.69, 9.17) is 0 Å². The summed E-state index contributed by atoms with van der Waals surface area (Å²) in [6.45, 7) is 2.93. The molecule has 0 saturated carbocycles. The smallest absolute Gasteiger partial charge is 0.269 e. The van der Waals surface area contributed by atoms with Gasteiger partial charge in [0.25, 0.3) is 5.69 Å². The van der Waals surface area contributed by atoms with Gasteiger partial charge in [-0.15, -0.1) is 0 Å². The molecule has 21 heavy (non-hydrogen) atoms. The van der Waals surface area contributed by atoms with Gasteiger partial charge in [-0.25, -0.2) is 0 Å². The molecule has 0 amide bonds. The van der Waals surface area contributed by atoms with Crippen molar-refractivity contribution < 1.29 is 4.92 Å². The molecule has 3 rings (SSSR count). The highest BCUT2D eigenvalue weighted by atomic mass is 16.6. The maximum absolute atomic E-state index is 10.7. The van der Waals surface area contributed by atoms with Crippen molar-refractivity contribution in [2.24, 2.45) is 10.9 Å². The summed E-state index contributed by atoms with van der Waals surface area (Å²) < 4.78 is 0. The molecular weight excluding hydrogens is 268 g/mol. The Kier molecular flexibility index (Phi) is 3.77. The lowest BCUT2D eigenvalue weighted by Gasteiger charge is -2.37. The highest BCUT2D eigenvalue weighted by Gasteiger charge is 2.30. The molecule has 6 nitrogen and oxygen atoms in total. The minimum atomic E-state index is -0.355. The number of hydrogen-bond acceptors (Lipinski definition) is 5. The number of piperidine rings is 1. The lowest BCUT2D eigenvalue weighted by molar-refractivity contribution is -0.384. The average molecular weight is 288 g/mol. The number of nitrogens with zero attached hydrogens (tertiary/aromatic N) is 4. The number of nitro benzene ring substituents is 1. The summed E-state index contributed by atoms with van der Waals surface area (Å²) in [5, 5.41) is 10.7. The summed E-state index contributed by atoms with van der Waals surface area (Å²) in [7, 11) is 2.10. The Morgan fingerprint density at radius 1 is 1.24 bits per heavy atom. The van der Waals surface area contributed by atoms with E-state index in [0.29, 0.717) is 12.0 Å². The highest BCUT2D eigenvalue weighted by molar-refractivity contribution is 5.57. The van der Waals surface area contributed by atoms with Crippen LogP contribution in [-0.4, -0.2) is 48.9 Å². The first-order valence-corrected chi connectivity index (χ1v) is 7.36. The first-order chi connectivity index (χ1) is 10.1. The second kappa shape index (κ2) is 5.71. The minimum Gasteiger partial charge on any atom is -0.372 e. The maximum Gasteiger partial charge on any atom is 0.269 e. The summed E-state index contributed by atoms with van der Waals surface area (Å²) in [6.07, 6.45) is 4.23. The van der Waals surface area contributed by atoms with E-state index in [9.17, 15) is 10.1 Å². The van der Waals surface area contributed by atoms with Gasteiger partial charge in [-0.3, -0.25) is 15.1 Å². The van der Waals surface area contributed by atoms with Gasteiger partial charge in [-0.2, -0.15) is 0 Å². The number of likely N-dealkylation sites (N-methyl/N-ethyl adjacent to an activating group) is 1. The zero-order valence-corrected chi connectivity index (χ0v) is 12.2. The summed E-state index contributed by atoms with van der Waals surface area (Å²) in [5.74, 6) is 0.687. The van der Waals surface area contributed by atoms with E-state index in [2.05, 4.69) is 21.8 Å². The first-order valence-electron chi connectivity index (χ1n) is 7.36. The van der Waals surface area contributed by atoms with Crippen LogP contribution in [0, 0.1) is 16.0 Å². The van der Waals surface area contributed by atoms with E-state index in [0.717, 1.165) is 38.2 Å². The molecule has 0 N–H and O–H groups in total. The fourth-order valence-corrected chi connectivity index (χ4v) is 3.31. The molecule has 1 aromatic carbocycles. The molecule has 112 valence electrons. The Labute approximate surface area is 124 Å². The van der Waals surface area contributed by atoms with Crippen LogP contribution in [0.2, 0.25) is 0 Å². The predicted octanol–water partition coefficient (Wildman–Crippen LogP) is 2.15. The van der Waals surface area contributed by atoms with Gasteiger partial charge in [-0.1, -0.05) is 0 Å². The molecule has 1 unspecified atom stereocenters. The van der Waals surface area contributed by atoms with Crippen molar-refractivity contribution in [1.82, 2.24) is 4.90 Å². The van der Waals surface area contributed by atoms with E-state index in [-0.39, 0.29) is 10.6 Å². The van der Waals surface area contributed by atoms with Gasteiger partial charge < -0.3 is 9.80 Å². The Hall–Kier alpha value is -2.11. The van der Waals surface area contributed by atoms with E-state index in [1.165, 1.54) is 0 Å². The summed E-state index contributed by atoms with van der Waals surface area (Å²) >= 11 is 0. The van der Waals surface area contributed by atoms with Crippen LogP contribution >= 0.6 is 0 Å². The SMILES string of the molecule is CN1C=NCC1C1CCN(c2ccc([N+](=O)[O-])cc2)CC1. The molecule has 0 radical (unpaired) electrons. The summed E-state index contributed by atoms with van der Waals surface area (Å²) in [6, 6.07) is 7.41. The van der Waals surface area contributed by atoms with Gasteiger partial charge in [0.05, 0.1) is 23.8 Å². The lowest BCUT2D eigenvalue weighted by atomic mass is 9.89. The van der Waals surface area contributed by atoms with Gasteiger partial charge in [0.2, 0.25) is 0 Å². The Balaban J connectivity index is 1.59. The van der Waals surface area contributed by atoms with Crippen LogP contribution in [0.4, 0.5) is 11.4 Å². The van der Waals surface area contributed by atoms with E-state index in [1.807, 2.05) is 18.5 Å². The molecule has 2 aliphatic heterocycles. The van der Waals surface area contributed by atoms with E-state index in [1.54, 1.807) is 12.1 Å². The van der Waals surface area contributed by atoms with E-state index >= 15 is 0 Å². The Morgan fingerprint density at radius 2 is 1.90 bits per heavy atom. The second-order valence-corrected chi connectivity index (χ2v) is 5.81. The number of nitro groups is 1. The van der Waals surface area contributed by atoms with Crippen molar-refractivity contribution >= 4 is 17.7 Å². The Morgan fingerprint density at radius 3 is 2.43 bits per heavy atom. The normalized spacial score (nSPS) is 22.8. The number of hydrogen-bond donors (Lipinski definition) is 0. The number of non-ortho nitro benzene ring substituents is 1. The standard InChI is InChI=1S/C15H20N4O2/c1-17-11-16-10-15(17)12-6-8-18(9-7-12)13-2-4-14(5-3-13)19(20)21/h2-5,11-12,15H,6-10H2,1H3. The number of benzene rings is 1. The zero-order valence-electron chi connectivity index (χ0n) is 12.2. The first kappa shape index (κ1) is 13.9. The van der Waals surface area contributed by atoms with Gasteiger partial charge in [-0.05, 0) is 30.9 Å². The van der Waals surface area contributed by atoms with Crippen LogP contribution in [0.15, 0.2) is 29.3 Å². The number of anilines is 1. The molecule has 1 saturated heterocycles. The molecule has 0 aliphatic carbocycles. The molecule has 2 heterocycles. The molecule has 1 fully saturated rings. The maximum atomic E-state index is 10.7. The van der Waals surface area contributed by atoms with Crippen molar-refractivity contribution in [3.05, 3.63) is 34.4 Å². The molecule has 2 aliphatic rings. The van der Waals surface area contributed by atoms with Crippen molar-refractivity contribution in [2.45, 2.75) is 18.9 Å². The fourth-order valence-electron chi connectivity index (χ4n) is 3.31. The van der Waals surface area contributed by atoms with Gasteiger partial charge in [0, 0.05) is 38.0 Å². The minimum absolute atomic E-state index is 0.151. The number of rotatable bonds is 3. The van der Waals surface area contributed by atoms with Crippen LogP contribution < -0.4 is 4.90 Å². The molecule has 1 atom stereocenters. The average Bonchev–Trinajstić information content (AvgIpc) is 2.94. The highest BCUT2D eigenvalue weighted by Crippen LogP contribution is 2.29. The van der Waals surface area contributed by atoms with Crippen LogP contribution in [0.25, 0.3) is 0 Å². The quantitative estimate of drug-likeness (QED) is 0.631. The summed E-state index contributed by atoms with van der Waals surface area (Å²) in [5.41, 5.74) is 1.23. The molecule has 1 aromatic rings. The fraction of sp³-hybridized carbons (Fsp3) is 0.533. The lowest BCUT2D eigenvalue weighted by Crippen LogP contribution is -2.43. The topological polar surface area (TPSA) is 62.0 Å². The van der Waals surface area contributed by atoms with Crippen LogP contribution in [-0.2, 0) is 0 Å². The van der Waals surface area contributed by atoms with Crippen molar-refractivity contribution in [3.8, 4) is 0 Å². The van der Waals surface area contributed by atoms with Crippen LogP contribution in [0.3, 0.4) is 0 Å². The van der Waals surface area contributed by atoms with Gasteiger partial charge in [0.1, 0.15) is 0 Å². The third kappa shape index (κ3) is 2.84. The zero-order chi connectivity index (χ0) is 14.8. The van der Waals surface area contributed by atoms with Gasteiger partial charge in [0.15, 0.2) is 0 Å². The van der Waals surface area contributed by atoms with Gasteiger partial charge >= 0.3 is 0 Å². The third-order valence-electron chi connectivity index (χ3n) is 4.59.